The Hall–Kier alpha value is -1.88. The Bertz CT molecular complexity index is 653. The van der Waals surface area contributed by atoms with Crippen LogP contribution in [0, 0.1) is 19.8 Å². The lowest BCUT2D eigenvalue weighted by molar-refractivity contribution is -0.137. The van der Waals surface area contributed by atoms with Crippen molar-refractivity contribution < 1.29 is 9.59 Å². The van der Waals surface area contributed by atoms with Gasteiger partial charge in [-0.25, -0.2) is 0 Å². The molecule has 2 unspecified atom stereocenters. The third kappa shape index (κ3) is 4.09. The second-order valence-corrected chi connectivity index (χ2v) is 7.85. The van der Waals surface area contributed by atoms with Gasteiger partial charge in [0.25, 0.3) is 5.91 Å². The van der Waals surface area contributed by atoms with E-state index in [0.29, 0.717) is 12.6 Å². The predicted octanol–water partition coefficient (Wildman–Crippen LogP) is 2.37. The van der Waals surface area contributed by atoms with Crippen molar-refractivity contribution >= 4 is 11.8 Å². The fraction of sp³-hybridized carbons (Fsp3) is 0.619. The Balaban J connectivity index is 1.68. The molecule has 0 aromatic heterocycles. The topological polar surface area (TPSA) is 52.7 Å². The Morgan fingerprint density at radius 1 is 1.08 bits per heavy atom. The van der Waals surface area contributed by atoms with Gasteiger partial charge in [0, 0.05) is 37.8 Å². The highest BCUT2D eigenvalue weighted by atomic mass is 16.2. The monoisotopic (exact) mass is 357 g/mol. The highest BCUT2D eigenvalue weighted by Gasteiger charge is 2.36. The Kier molecular flexibility index (Phi) is 5.97. The normalized spacial score (nSPS) is 23.3. The van der Waals surface area contributed by atoms with E-state index in [1.165, 1.54) is 0 Å². The number of carbonyl (C=O) groups is 2. The van der Waals surface area contributed by atoms with Gasteiger partial charge in [0.05, 0.1) is 5.92 Å². The van der Waals surface area contributed by atoms with Crippen LogP contribution in [0.25, 0.3) is 0 Å². The molecule has 5 heteroatoms. The second-order valence-electron chi connectivity index (χ2n) is 7.85. The van der Waals surface area contributed by atoms with Gasteiger partial charge < -0.3 is 15.1 Å². The van der Waals surface area contributed by atoms with Crippen LogP contribution < -0.4 is 5.32 Å². The van der Waals surface area contributed by atoms with Crippen LogP contribution in [0.4, 0.5) is 0 Å². The van der Waals surface area contributed by atoms with E-state index in [1.54, 1.807) is 0 Å². The zero-order valence-corrected chi connectivity index (χ0v) is 16.3. The molecule has 0 radical (unpaired) electrons. The Morgan fingerprint density at radius 2 is 1.77 bits per heavy atom. The largest absolute Gasteiger partial charge is 0.338 e. The molecule has 2 heterocycles. The molecule has 3 rings (SSSR count). The Morgan fingerprint density at radius 3 is 2.46 bits per heavy atom. The number of amides is 2. The number of benzene rings is 1. The van der Waals surface area contributed by atoms with Gasteiger partial charge in [0.1, 0.15) is 0 Å². The maximum Gasteiger partial charge on any atom is 0.253 e. The fourth-order valence-corrected chi connectivity index (χ4v) is 4.45. The van der Waals surface area contributed by atoms with E-state index in [4.69, 9.17) is 0 Å². The lowest BCUT2D eigenvalue weighted by Gasteiger charge is -2.35. The number of hydrogen-bond donors (Lipinski definition) is 1. The molecule has 142 valence electrons. The van der Waals surface area contributed by atoms with Crippen LogP contribution >= 0.6 is 0 Å². The van der Waals surface area contributed by atoms with Gasteiger partial charge in [-0.05, 0) is 58.7 Å². The molecule has 5 nitrogen and oxygen atoms in total. The van der Waals surface area contributed by atoms with Crippen LogP contribution in [0.2, 0.25) is 0 Å². The molecule has 2 fully saturated rings. The van der Waals surface area contributed by atoms with E-state index < -0.39 is 0 Å². The summed E-state index contributed by atoms with van der Waals surface area (Å²) in [4.78, 5) is 29.9. The number of rotatable bonds is 4. The van der Waals surface area contributed by atoms with Crippen molar-refractivity contribution in [2.24, 2.45) is 5.92 Å². The summed E-state index contributed by atoms with van der Waals surface area (Å²) in [5.74, 6) is 0.235. The molecule has 0 spiro atoms. The van der Waals surface area contributed by atoms with Crippen LogP contribution in [0.5, 0.6) is 0 Å². The first-order valence-corrected chi connectivity index (χ1v) is 9.82. The molecule has 2 atom stereocenters. The highest BCUT2D eigenvalue weighted by Crippen LogP contribution is 2.25. The molecular formula is C21H31N3O2. The molecule has 0 bridgehead atoms. The minimum atomic E-state index is -0.0592. The SMILES string of the molecule is CNCC1CCCN1C(=O)C1CCCN(C(=O)c2cc(C)cc(C)c2)C1. The van der Waals surface area contributed by atoms with Gasteiger partial charge in [-0.1, -0.05) is 17.2 Å². The quantitative estimate of drug-likeness (QED) is 0.900. The van der Waals surface area contributed by atoms with E-state index >= 15 is 0 Å². The van der Waals surface area contributed by atoms with Crippen molar-refractivity contribution in [2.45, 2.75) is 45.6 Å². The summed E-state index contributed by atoms with van der Waals surface area (Å²) in [7, 11) is 1.94. The third-order valence-electron chi connectivity index (χ3n) is 5.63. The molecule has 2 aliphatic rings. The molecule has 1 N–H and O–H groups in total. The van der Waals surface area contributed by atoms with Crippen molar-refractivity contribution in [1.29, 1.82) is 0 Å². The highest BCUT2D eigenvalue weighted by molar-refractivity contribution is 5.95. The minimum absolute atomic E-state index is 0.0579. The summed E-state index contributed by atoms with van der Waals surface area (Å²) < 4.78 is 0. The smallest absolute Gasteiger partial charge is 0.253 e. The molecule has 1 aromatic rings. The van der Waals surface area contributed by atoms with Gasteiger partial charge >= 0.3 is 0 Å². The van der Waals surface area contributed by atoms with Gasteiger partial charge in [-0.3, -0.25) is 9.59 Å². The van der Waals surface area contributed by atoms with Crippen LogP contribution in [0.15, 0.2) is 18.2 Å². The first kappa shape index (κ1) is 18.9. The average molecular weight is 357 g/mol. The number of nitrogens with one attached hydrogen (secondary N) is 1. The van der Waals surface area contributed by atoms with Crippen molar-refractivity contribution in [3.8, 4) is 0 Å². The lowest BCUT2D eigenvalue weighted by atomic mass is 9.95. The Labute approximate surface area is 156 Å². The number of hydrogen-bond acceptors (Lipinski definition) is 3. The maximum absolute atomic E-state index is 13.1. The molecule has 2 aliphatic heterocycles. The minimum Gasteiger partial charge on any atom is -0.338 e. The van der Waals surface area contributed by atoms with E-state index in [1.807, 2.05) is 42.8 Å². The van der Waals surface area contributed by atoms with E-state index in [9.17, 15) is 9.59 Å². The lowest BCUT2D eigenvalue weighted by Crippen LogP contribution is -2.49. The summed E-state index contributed by atoms with van der Waals surface area (Å²) >= 11 is 0. The number of likely N-dealkylation sites (tertiary alicyclic amines) is 2. The zero-order valence-electron chi connectivity index (χ0n) is 16.3. The van der Waals surface area contributed by atoms with Crippen LogP contribution in [-0.2, 0) is 4.79 Å². The number of nitrogens with zero attached hydrogens (tertiary/aromatic N) is 2. The van der Waals surface area contributed by atoms with Crippen LogP contribution in [0.1, 0.15) is 47.2 Å². The summed E-state index contributed by atoms with van der Waals surface area (Å²) in [6, 6.07) is 6.28. The van der Waals surface area contributed by atoms with Gasteiger partial charge in [0.15, 0.2) is 0 Å². The summed E-state index contributed by atoms with van der Waals surface area (Å²) in [6.07, 6.45) is 3.94. The van der Waals surface area contributed by atoms with Crippen LogP contribution in [-0.4, -0.2) is 60.9 Å². The van der Waals surface area contributed by atoms with Crippen molar-refractivity contribution in [1.82, 2.24) is 15.1 Å². The van der Waals surface area contributed by atoms with Gasteiger partial charge in [0.2, 0.25) is 5.91 Å². The number of likely N-dealkylation sites (N-methyl/N-ethyl adjacent to an activating group) is 1. The van der Waals surface area contributed by atoms with Gasteiger partial charge in [-0.15, -0.1) is 0 Å². The molecule has 1 aromatic carbocycles. The zero-order chi connectivity index (χ0) is 18.7. The summed E-state index contributed by atoms with van der Waals surface area (Å²) in [5.41, 5.74) is 2.94. The number of piperidine rings is 1. The molecule has 2 saturated heterocycles. The van der Waals surface area contributed by atoms with Crippen molar-refractivity contribution in [3.05, 3.63) is 34.9 Å². The first-order valence-electron chi connectivity index (χ1n) is 9.82. The van der Waals surface area contributed by atoms with E-state index in [2.05, 4.69) is 11.4 Å². The number of carbonyl (C=O) groups excluding carboxylic acids is 2. The standard InChI is InChI=1S/C21H31N3O2/c1-15-10-16(2)12-18(11-15)20(25)23-8-4-6-17(14-23)21(26)24-9-5-7-19(24)13-22-3/h10-12,17,19,22H,4-9,13-14H2,1-3H3. The first-order chi connectivity index (χ1) is 12.5. The second kappa shape index (κ2) is 8.21. The molecular weight excluding hydrogens is 326 g/mol. The van der Waals surface area contributed by atoms with Crippen molar-refractivity contribution in [3.63, 3.8) is 0 Å². The molecule has 2 amide bonds. The average Bonchev–Trinajstić information content (AvgIpc) is 3.08. The van der Waals surface area contributed by atoms with E-state index in [-0.39, 0.29) is 17.7 Å². The predicted molar refractivity (Wildman–Crippen MR) is 103 cm³/mol. The number of aryl methyl sites for hydroxylation is 2. The fourth-order valence-electron chi connectivity index (χ4n) is 4.45. The molecule has 26 heavy (non-hydrogen) atoms. The summed E-state index contributed by atoms with van der Waals surface area (Å²) in [6.45, 7) is 7.03. The van der Waals surface area contributed by atoms with Crippen LogP contribution in [0.3, 0.4) is 0 Å². The van der Waals surface area contributed by atoms with Gasteiger partial charge in [-0.2, -0.15) is 0 Å². The summed E-state index contributed by atoms with van der Waals surface area (Å²) in [5, 5.41) is 3.20. The molecule has 0 saturated carbocycles. The maximum atomic E-state index is 13.1. The van der Waals surface area contributed by atoms with Crippen molar-refractivity contribution in [2.75, 3.05) is 33.2 Å². The molecule has 0 aliphatic carbocycles. The van der Waals surface area contributed by atoms with E-state index in [0.717, 1.165) is 62.0 Å². The third-order valence-corrected chi connectivity index (χ3v) is 5.63.